The van der Waals surface area contributed by atoms with Crippen molar-refractivity contribution in [3.63, 3.8) is 0 Å². The Morgan fingerprint density at radius 3 is 2.60 bits per heavy atom. The SMILES string of the molecule is CN(C)C1CCN(C(=O)Nc2ccc(Br)cc2Cl)CC1. The van der Waals surface area contributed by atoms with Crippen molar-refractivity contribution < 1.29 is 4.79 Å². The van der Waals surface area contributed by atoms with E-state index in [-0.39, 0.29) is 6.03 Å². The van der Waals surface area contributed by atoms with E-state index in [2.05, 4.69) is 40.2 Å². The Kier molecular flexibility index (Phi) is 5.29. The molecule has 0 atom stereocenters. The van der Waals surface area contributed by atoms with Gasteiger partial charge in [0.05, 0.1) is 10.7 Å². The van der Waals surface area contributed by atoms with Gasteiger partial charge in [0.25, 0.3) is 0 Å². The van der Waals surface area contributed by atoms with Crippen LogP contribution in [0, 0.1) is 0 Å². The molecule has 0 bridgehead atoms. The van der Waals surface area contributed by atoms with Gasteiger partial charge in [0.15, 0.2) is 0 Å². The van der Waals surface area contributed by atoms with Gasteiger partial charge < -0.3 is 15.1 Å². The summed E-state index contributed by atoms with van der Waals surface area (Å²) in [6, 6.07) is 5.92. The Morgan fingerprint density at radius 2 is 2.05 bits per heavy atom. The number of likely N-dealkylation sites (tertiary alicyclic amines) is 1. The Balaban J connectivity index is 1.93. The molecule has 1 aliphatic heterocycles. The molecule has 1 heterocycles. The molecule has 0 saturated carbocycles. The first-order valence-corrected chi connectivity index (χ1v) is 7.82. The Labute approximate surface area is 133 Å². The van der Waals surface area contributed by atoms with Crippen LogP contribution in [0.5, 0.6) is 0 Å². The molecular weight excluding hydrogens is 342 g/mol. The minimum absolute atomic E-state index is 0.0774. The average Bonchev–Trinajstić information content (AvgIpc) is 2.42. The molecule has 2 amide bonds. The first-order chi connectivity index (χ1) is 9.47. The monoisotopic (exact) mass is 359 g/mol. The van der Waals surface area contributed by atoms with Crippen LogP contribution in [0.25, 0.3) is 0 Å². The normalized spacial score (nSPS) is 16.6. The van der Waals surface area contributed by atoms with Gasteiger partial charge in [0.1, 0.15) is 0 Å². The van der Waals surface area contributed by atoms with E-state index in [1.165, 1.54) is 0 Å². The van der Waals surface area contributed by atoms with Gasteiger partial charge in [-0.05, 0) is 45.1 Å². The van der Waals surface area contributed by atoms with Crippen LogP contribution in [0.3, 0.4) is 0 Å². The van der Waals surface area contributed by atoms with Crippen molar-refractivity contribution >= 4 is 39.2 Å². The summed E-state index contributed by atoms with van der Waals surface area (Å²) in [7, 11) is 4.17. The predicted molar refractivity (Wildman–Crippen MR) is 86.5 cm³/mol. The molecule has 1 saturated heterocycles. The molecule has 4 nitrogen and oxygen atoms in total. The number of nitrogens with one attached hydrogen (secondary N) is 1. The van der Waals surface area contributed by atoms with Gasteiger partial charge in [0.2, 0.25) is 0 Å². The number of nitrogens with zero attached hydrogens (tertiary/aromatic N) is 2. The molecule has 0 unspecified atom stereocenters. The van der Waals surface area contributed by atoms with Gasteiger partial charge in [-0.3, -0.25) is 0 Å². The predicted octanol–water partition coefficient (Wildman–Crippen LogP) is 3.66. The number of piperidine rings is 1. The zero-order valence-corrected chi connectivity index (χ0v) is 14.0. The largest absolute Gasteiger partial charge is 0.324 e. The molecule has 1 aromatic rings. The van der Waals surface area contributed by atoms with Crippen molar-refractivity contribution in [3.05, 3.63) is 27.7 Å². The molecular formula is C14H19BrClN3O. The molecule has 2 rings (SSSR count). The second-order valence-electron chi connectivity index (χ2n) is 5.24. The zero-order valence-electron chi connectivity index (χ0n) is 11.7. The quantitative estimate of drug-likeness (QED) is 0.873. The number of amides is 2. The minimum Gasteiger partial charge on any atom is -0.324 e. The lowest BCUT2D eigenvalue weighted by Crippen LogP contribution is -2.46. The topological polar surface area (TPSA) is 35.6 Å². The smallest absolute Gasteiger partial charge is 0.321 e. The average molecular weight is 361 g/mol. The number of carbonyl (C=O) groups is 1. The summed E-state index contributed by atoms with van der Waals surface area (Å²) in [6.07, 6.45) is 2.02. The Hall–Kier alpha value is -0.780. The van der Waals surface area contributed by atoms with Crippen molar-refractivity contribution in [2.45, 2.75) is 18.9 Å². The summed E-state index contributed by atoms with van der Waals surface area (Å²) in [5.41, 5.74) is 0.648. The highest BCUT2D eigenvalue weighted by atomic mass is 79.9. The van der Waals surface area contributed by atoms with Crippen LogP contribution in [-0.4, -0.2) is 49.1 Å². The third-order valence-electron chi connectivity index (χ3n) is 3.65. The van der Waals surface area contributed by atoms with Crippen LogP contribution in [0.2, 0.25) is 5.02 Å². The molecule has 1 N–H and O–H groups in total. The maximum atomic E-state index is 12.2. The van der Waals surface area contributed by atoms with E-state index in [1.807, 2.05) is 11.0 Å². The number of rotatable bonds is 2. The molecule has 1 fully saturated rings. The maximum absolute atomic E-state index is 12.2. The van der Waals surface area contributed by atoms with E-state index in [0.29, 0.717) is 16.8 Å². The van der Waals surface area contributed by atoms with Crippen molar-refractivity contribution in [1.82, 2.24) is 9.80 Å². The van der Waals surface area contributed by atoms with Gasteiger partial charge in [-0.15, -0.1) is 0 Å². The van der Waals surface area contributed by atoms with E-state index in [0.717, 1.165) is 30.4 Å². The van der Waals surface area contributed by atoms with Crippen LogP contribution in [0.1, 0.15) is 12.8 Å². The van der Waals surface area contributed by atoms with Crippen LogP contribution >= 0.6 is 27.5 Å². The lowest BCUT2D eigenvalue weighted by molar-refractivity contribution is 0.156. The highest BCUT2D eigenvalue weighted by Gasteiger charge is 2.24. The van der Waals surface area contributed by atoms with Crippen LogP contribution in [0.15, 0.2) is 22.7 Å². The highest BCUT2D eigenvalue weighted by Crippen LogP contribution is 2.26. The van der Waals surface area contributed by atoms with Crippen LogP contribution < -0.4 is 5.32 Å². The van der Waals surface area contributed by atoms with E-state index in [4.69, 9.17) is 11.6 Å². The fourth-order valence-corrected chi connectivity index (χ4v) is 3.09. The van der Waals surface area contributed by atoms with Gasteiger partial charge in [-0.25, -0.2) is 4.79 Å². The molecule has 0 aliphatic carbocycles. The molecule has 110 valence electrons. The molecule has 6 heteroatoms. The lowest BCUT2D eigenvalue weighted by Gasteiger charge is -2.35. The molecule has 20 heavy (non-hydrogen) atoms. The number of hydrogen-bond donors (Lipinski definition) is 1. The van der Waals surface area contributed by atoms with Crippen LogP contribution in [-0.2, 0) is 0 Å². The summed E-state index contributed by atoms with van der Waals surface area (Å²) in [5, 5.41) is 3.41. The molecule has 0 spiro atoms. The molecule has 1 aromatic carbocycles. The lowest BCUT2D eigenvalue weighted by atomic mass is 10.0. The van der Waals surface area contributed by atoms with Crippen molar-refractivity contribution in [1.29, 1.82) is 0 Å². The van der Waals surface area contributed by atoms with Gasteiger partial charge >= 0.3 is 6.03 Å². The van der Waals surface area contributed by atoms with E-state index < -0.39 is 0 Å². The Bertz CT molecular complexity index is 487. The first kappa shape index (κ1) is 15.6. The first-order valence-electron chi connectivity index (χ1n) is 6.65. The maximum Gasteiger partial charge on any atom is 0.321 e. The van der Waals surface area contributed by atoms with Gasteiger partial charge in [-0.2, -0.15) is 0 Å². The number of carbonyl (C=O) groups excluding carboxylic acids is 1. The van der Waals surface area contributed by atoms with E-state index in [1.54, 1.807) is 12.1 Å². The second-order valence-corrected chi connectivity index (χ2v) is 6.56. The highest BCUT2D eigenvalue weighted by molar-refractivity contribution is 9.10. The molecule has 0 radical (unpaired) electrons. The van der Waals surface area contributed by atoms with Crippen molar-refractivity contribution in [2.75, 3.05) is 32.5 Å². The van der Waals surface area contributed by atoms with Crippen molar-refractivity contribution in [3.8, 4) is 0 Å². The fourth-order valence-electron chi connectivity index (χ4n) is 2.37. The summed E-state index contributed by atoms with van der Waals surface area (Å²) in [4.78, 5) is 16.3. The number of anilines is 1. The minimum atomic E-state index is -0.0774. The van der Waals surface area contributed by atoms with E-state index >= 15 is 0 Å². The second kappa shape index (κ2) is 6.78. The third kappa shape index (κ3) is 3.87. The number of urea groups is 1. The summed E-state index contributed by atoms with van der Waals surface area (Å²) >= 11 is 9.45. The summed E-state index contributed by atoms with van der Waals surface area (Å²) in [6.45, 7) is 1.56. The number of halogens is 2. The zero-order chi connectivity index (χ0) is 14.7. The molecule has 1 aliphatic rings. The third-order valence-corrected chi connectivity index (χ3v) is 4.46. The van der Waals surface area contributed by atoms with Crippen LogP contribution in [0.4, 0.5) is 10.5 Å². The summed E-state index contributed by atoms with van der Waals surface area (Å²) in [5.74, 6) is 0. The standard InChI is InChI=1S/C14H19BrClN3O/c1-18(2)11-5-7-19(8-6-11)14(20)17-13-4-3-10(15)9-12(13)16/h3-4,9,11H,5-8H2,1-2H3,(H,17,20). The number of hydrogen-bond acceptors (Lipinski definition) is 2. The number of benzene rings is 1. The Morgan fingerprint density at radius 1 is 1.40 bits per heavy atom. The van der Waals surface area contributed by atoms with Crippen molar-refractivity contribution in [2.24, 2.45) is 0 Å². The van der Waals surface area contributed by atoms with Gasteiger partial charge in [0, 0.05) is 23.6 Å². The molecule has 0 aromatic heterocycles. The van der Waals surface area contributed by atoms with Gasteiger partial charge in [-0.1, -0.05) is 27.5 Å². The summed E-state index contributed by atoms with van der Waals surface area (Å²) < 4.78 is 0.896. The van der Waals surface area contributed by atoms with E-state index in [9.17, 15) is 4.79 Å². The fraction of sp³-hybridized carbons (Fsp3) is 0.500.